The molecule has 4 nitrogen and oxygen atoms in total. The Balaban J connectivity index is 1.44. The third-order valence-electron chi connectivity index (χ3n) is 4.65. The maximum absolute atomic E-state index is 10.4. The van der Waals surface area contributed by atoms with Gasteiger partial charge in [-0.25, -0.2) is 0 Å². The Hall–Kier alpha value is -1.88. The van der Waals surface area contributed by atoms with E-state index >= 15 is 0 Å². The van der Waals surface area contributed by atoms with Crippen LogP contribution in [0.3, 0.4) is 0 Å². The largest absolute Gasteiger partial charge is 0.494 e. The first kappa shape index (κ1) is 17.9. The highest BCUT2D eigenvalue weighted by molar-refractivity contribution is 5.33. The zero-order chi connectivity index (χ0) is 17.5. The Bertz CT molecular complexity index is 674. The Labute approximate surface area is 150 Å². The van der Waals surface area contributed by atoms with Gasteiger partial charge >= 0.3 is 0 Å². The lowest BCUT2D eigenvalue weighted by Crippen LogP contribution is -2.40. The van der Waals surface area contributed by atoms with Crippen molar-refractivity contribution in [2.45, 2.75) is 32.5 Å². The summed E-state index contributed by atoms with van der Waals surface area (Å²) in [5, 5.41) is 13.7. The summed E-state index contributed by atoms with van der Waals surface area (Å²) in [6.07, 6.45) is 0.697. The van der Waals surface area contributed by atoms with E-state index in [-0.39, 0.29) is 6.10 Å². The molecule has 3 rings (SSSR count). The Morgan fingerprint density at radius 2 is 1.88 bits per heavy atom. The van der Waals surface area contributed by atoms with Gasteiger partial charge in [-0.2, -0.15) is 0 Å². The number of para-hydroxylation sites is 1. The highest BCUT2D eigenvalue weighted by Crippen LogP contribution is 2.19. The molecule has 2 aromatic rings. The van der Waals surface area contributed by atoms with Gasteiger partial charge in [0.1, 0.15) is 5.75 Å². The fraction of sp³-hybridized carbons (Fsp3) is 0.429. The smallest absolute Gasteiger partial charge is 0.123 e. The fourth-order valence-corrected chi connectivity index (χ4v) is 3.39. The number of ether oxygens (including phenoxy) is 1. The van der Waals surface area contributed by atoms with Gasteiger partial charge in [0.2, 0.25) is 0 Å². The molecule has 0 spiro atoms. The van der Waals surface area contributed by atoms with Crippen LogP contribution in [0.4, 0.5) is 0 Å². The first-order valence-electron chi connectivity index (χ1n) is 9.15. The van der Waals surface area contributed by atoms with Gasteiger partial charge in [0.15, 0.2) is 0 Å². The first-order chi connectivity index (χ1) is 12.3. The van der Waals surface area contributed by atoms with Crippen LogP contribution >= 0.6 is 0 Å². The lowest BCUT2D eigenvalue weighted by Gasteiger charge is -2.30. The molecule has 0 aliphatic carbocycles. The maximum Gasteiger partial charge on any atom is 0.123 e. The second-order valence-electron chi connectivity index (χ2n) is 6.58. The Kier molecular flexibility index (Phi) is 6.45. The van der Waals surface area contributed by atoms with Crippen LogP contribution in [0.1, 0.15) is 23.6 Å². The summed E-state index contributed by atoms with van der Waals surface area (Å²) in [6.45, 7) is 6.59. The van der Waals surface area contributed by atoms with Crippen molar-refractivity contribution in [3.8, 4) is 5.75 Å². The summed E-state index contributed by atoms with van der Waals surface area (Å²) in [5.41, 5.74) is 3.96. The third-order valence-corrected chi connectivity index (χ3v) is 4.65. The summed E-state index contributed by atoms with van der Waals surface area (Å²) in [7, 11) is 0. The predicted molar refractivity (Wildman–Crippen MR) is 101 cm³/mol. The van der Waals surface area contributed by atoms with E-state index < -0.39 is 0 Å². The van der Waals surface area contributed by atoms with Crippen molar-refractivity contribution in [3.05, 3.63) is 65.2 Å². The number of fused-ring (bicyclic) bond motifs is 1. The molecule has 1 aliphatic rings. The van der Waals surface area contributed by atoms with Gasteiger partial charge in [0.05, 0.1) is 12.7 Å². The van der Waals surface area contributed by atoms with Gasteiger partial charge in [0.25, 0.3) is 0 Å². The fourth-order valence-electron chi connectivity index (χ4n) is 3.39. The molecule has 1 atom stereocenters. The van der Waals surface area contributed by atoms with Crippen molar-refractivity contribution >= 4 is 0 Å². The summed E-state index contributed by atoms with van der Waals surface area (Å²) >= 11 is 0. The summed E-state index contributed by atoms with van der Waals surface area (Å²) < 4.78 is 5.64. The Morgan fingerprint density at radius 1 is 1.12 bits per heavy atom. The summed E-state index contributed by atoms with van der Waals surface area (Å²) in [6, 6.07) is 16.6. The molecular formula is C21H28N2O2. The molecule has 0 fully saturated rings. The van der Waals surface area contributed by atoms with Gasteiger partial charge in [-0.15, -0.1) is 0 Å². The van der Waals surface area contributed by atoms with Crippen LogP contribution < -0.4 is 10.1 Å². The van der Waals surface area contributed by atoms with Crippen molar-refractivity contribution in [2.75, 3.05) is 26.2 Å². The van der Waals surface area contributed by atoms with Crippen molar-refractivity contribution in [1.29, 1.82) is 0 Å². The van der Waals surface area contributed by atoms with E-state index in [1.165, 1.54) is 11.1 Å². The van der Waals surface area contributed by atoms with Crippen LogP contribution in [0.2, 0.25) is 0 Å². The molecule has 0 saturated carbocycles. The van der Waals surface area contributed by atoms with Gasteiger partial charge in [-0.1, -0.05) is 42.5 Å². The molecule has 1 aliphatic heterocycles. The summed E-state index contributed by atoms with van der Waals surface area (Å²) in [5.74, 6) is 0.916. The quantitative estimate of drug-likeness (QED) is 0.775. The van der Waals surface area contributed by atoms with Gasteiger partial charge in [-0.3, -0.25) is 4.90 Å². The molecule has 0 radical (unpaired) electrons. The van der Waals surface area contributed by atoms with Crippen molar-refractivity contribution in [1.82, 2.24) is 10.2 Å². The van der Waals surface area contributed by atoms with Gasteiger partial charge in [-0.05, 0) is 30.5 Å². The summed E-state index contributed by atoms with van der Waals surface area (Å²) in [4.78, 5) is 2.34. The molecule has 2 aromatic carbocycles. The third kappa shape index (κ3) is 5.05. The lowest BCUT2D eigenvalue weighted by molar-refractivity contribution is 0.104. The maximum atomic E-state index is 10.4. The topological polar surface area (TPSA) is 44.7 Å². The Morgan fingerprint density at radius 3 is 2.72 bits per heavy atom. The average Bonchev–Trinajstić information content (AvgIpc) is 2.63. The minimum atomic E-state index is -0.371. The van der Waals surface area contributed by atoms with Crippen LogP contribution in [-0.2, 0) is 19.5 Å². The molecule has 1 heterocycles. The number of rotatable bonds is 8. The molecule has 0 amide bonds. The molecule has 1 unspecified atom stereocenters. The average molecular weight is 340 g/mol. The van der Waals surface area contributed by atoms with Gasteiger partial charge < -0.3 is 15.2 Å². The number of nitrogens with one attached hydrogen (secondary N) is 1. The molecule has 2 N–H and O–H groups in total. The van der Waals surface area contributed by atoms with Crippen LogP contribution in [-0.4, -0.2) is 42.4 Å². The standard InChI is InChI=1S/C21H28N2O2/c1-2-25-21-10-6-5-8-18(21)13-22-14-20(24)16-23-12-11-17-7-3-4-9-19(17)15-23/h3-10,20,22,24H,2,11-16H2,1H3. The lowest BCUT2D eigenvalue weighted by atomic mass is 10.00. The number of aliphatic hydroxyl groups is 1. The van der Waals surface area contributed by atoms with E-state index in [1.807, 2.05) is 25.1 Å². The van der Waals surface area contributed by atoms with E-state index in [4.69, 9.17) is 4.74 Å². The van der Waals surface area contributed by atoms with E-state index in [2.05, 4.69) is 40.5 Å². The van der Waals surface area contributed by atoms with Gasteiger partial charge in [0, 0.05) is 38.3 Å². The molecule has 134 valence electrons. The number of nitrogens with zero attached hydrogens (tertiary/aromatic N) is 1. The number of hydrogen-bond donors (Lipinski definition) is 2. The van der Waals surface area contributed by atoms with E-state index in [0.717, 1.165) is 30.8 Å². The van der Waals surface area contributed by atoms with E-state index in [0.29, 0.717) is 26.2 Å². The van der Waals surface area contributed by atoms with Crippen molar-refractivity contribution in [2.24, 2.45) is 0 Å². The monoisotopic (exact) mass is 340 g/mol. The zero-order valence-corrected chi connectivity index (χ0v) is 14.9. The highest BCUT2D eigenvalue weighted by atomic mass is 16.5. The highest BCUT2D eigenvalue weighted by Gasteiger charge is 2.18. The minimum Gasteiger partial charge on any atom is -0.494 e. The second kappa shape index (κ2) is 8.99. The molecular weight excluding hydrogens is 312 g/mol. The van der Waals surface area contributed by atoms with E-state index in [1.54, 1.807) is 0 Å². The number of benzene rings is 2. The SMILES string of the molecule is CCOc1ccccc1CNCC(O)CN1CCc2ccccc2C1. The number of hydrogen-bond acceptors (Lipinski definition) is 4. The van der Waals surface area contributed by atoms with Crippen LogP contribution in [0.5, 0.6) is 5.75 Å². The molecule has 0 bridgehead atoms. The van der Waals surface area contributed by atoms with Crippen molar-refractivity contribution in [3.63, 3.8) is 0 Å². The normalized spacial score (nSPS) is 15.6. The second-order valence-corrected chi connectivity index (χ2v) is 6.58. The number of aliphatic hydroxyl groups excluding tert-OH is 1. The molecule has 4 heteroatoms. The van der Waals surface area contributed by atoms with E-state index in [9.17, 15) is 5.11 Å². The van der Waals surface area contributed by atoms with Crippen LogP contribution in [0.15, 0.2) is 48.5 Å². The predicted octanol–water partition coefficient (Wildman–Crippen LogP) is 2.59. The first-order valence-corrected chi connectivity index (χ1v) is 9.15. The molecule has 0 aromatic heterocycles. The number of β-amino-alcohol motifs (C(OH)–C–C–N with tert-alkyl or cyclic N) is 1. The zero-order valence-electron chi connectivity index (χ0n) is 14.9. The minimum absolute atomic E-state index is 0.371. The van der Waals surface area contributed by atoms with Crippen LogP contribution in [0, 0.1) is 0 Å². The van der Waals surface area contributed by atoms with Crippen LogP contribution in [0.25, 0.3) is 0 Å². The van der Waals surface area contributed by atoms with Crippen molar-refractivity contribution < 1.29 is 9.84 Å². The molecule has 0 saturated heterocycles. The molecule has 25 heavy (non-hydrogen) atoms.